The lowest BCUT2D eigenvalue weighted by Gasteiger charge is -2.34. The molecule has 0 aliphatic carbocycles. The fraction of sp³-hybridized carbons (Fsp3) is 0.391. The lowest BCUT2D eigenvalue weighted by atomic mass is 10.0. The van der Waals surface area contributed by atoms with Gasteiger partial charge >= 0.3 is 11.8 Å². The predicted octanol–water partition coefficient (Wildman–Crippen LogP) is 3.01. The van der Waals surface area contributed by atoms with E-state index in [0.717, 1.165) is 24.0 Å². The number of carbonyl (C=O) groups is 2. The number of carbonyl (C=O) groups excluding carboxylic acids is 2. The fourth-order valence-corrected chi connectivity index (χ4v) is 5.57. The van der Waals surface area contributed by atoms with Crippen molar-refractivity contribution in [2.75, 3.05) is 13.1 Å². The molecule has 9 heteroatoms. The summed E-state index contributed by atoms with van der Waals surface area (Å²) >= 11 is 5.88. The van der Waals surface area contributed by atoms with Gasteiger partial charge in [0.1, 0.15) is 0 Å². The maximum Gasteiger partial charge on any atom is 0.309 e. The maximum atomic E-state index is 13.1. The van der Waals surface area contributed by atoms with Gasteiger partial charge in [0.2, 0.25) is 10.0 Å². The second kappa shape index (κ2) is 10.9. The third kappa shape index (κ3) is 6.31. The summed E-state index contributed by atoms with van der Waals surface area (Å²) < 4.78 is 27.7. The normalized spacial score (nSPS) is 17.0. The number of sulfonamides is 1. The highest BCUT2D eigenvalue weighted by atomic mass is 35.5. The van der Waals surface area contributed by atoms with Crippen molar-refractivity contribution in [1.29, 1.82) is 0 Å². The monoisotopic (exact) mass is 477 g/mol. The number of amides is 2. The molecule has 0 bridgehead atoms. The molecule has 1 heterocycles. The van der Waals surface area contributed by atoms with Crippen LogP contribution in [-0.2, 0) is 26.2 Å². The molecule has 1 aliphatic heterocycles. The van der Waals surface area contributed by atoms with Gasteiger partial charge in [-0.3, -0.25) is 9.59 Å². The molecule has 0 unspecified atom stereocenters. The summed E-state index contributed by atoms with van der Waals surface area (Å²) in [4.78, 5) is 24.4. The van der Waals surface area contributed by atoms with Crippen molar-refractivity contribution in [2.45, 2.75) is 50.1 Å². The zero-order valence-electron chi connectivity index (χ0n) is 18.0. The summed E-state index contributed by atoms with van der Waals surface area (Å²) in [6, 6.07) is 13.6. The number of rotatable bonds is 7. The van der Waals surface area contributed by atoms with Crippen LogP contribution in [0.3, 0.4) is 0 Å². The lowest BCUT2D eigenvalue weighted by molar-refractivity contribution is -0.139. The average Bonchev–Trinajstić information content (AvgIpc) is 2.79. The molecular weight excluding hydrogens is 450 g/mol. The molecule has 1 aliphatic rings. The third-order valence-corrected chi connectivity index (χ3v) is 7.75. The topological polar surface area (TPSA) is 95.6 Å². The number of benzene rings is 2. The summed E-state index contributed by atoms with van der Waals surface area (Å²) in [5, 5.41) is 5.68. The molecule has 0 saturated carbocycles. The summed E-state index contributed by atoms with van der Waals surface area (Å²) in [7, 11) is -3.65. The summed E-state index contributed by atoms with van der Waals surface area (Å²) in [5.41, 5.74) is 2.02. The van der Waals surface area contributed by atoms with E-state index < -0.39 is 21.8 Å². The van der Waals surface area contributed by atoms with Crippen LogP contribution in [0.5, 0.6) is 0 Å². The van der Waals surface area contributed by atoms with Gasteiger partial charge in [-0.05, 0) is 56.0 Å². The standard InChI is InChI=1S/C23H28ClN3O4S/c1-17-5-7-18(8-6-17)16-26-23(29)22(28)25-14-13-20-4-2-3-15-27(20)32(30,31)21-11-9-19(24)10-12-21/h5-12,20H,2-4,13-16H2,1H3,(H,25,28)(H,26,29)/t20-/m1/s1. The zero-order chi connectivity index (χ0) is 23.1. The minimum atomic E-state index is -3.65. The summed E-state index contributed by atoms with van der Waals surface area (Å²) in [5.74, 6) is -1.43. The Bertz CT molecular complexity index is 1040. The van der Waals surface area contributed by atoms with Gasteiger partial charge in [-0.1, -0.05) is 47.9 Å². The molecule has 1 atom stereocenters. The van der Waals surface area contributed by atoms with E-state index in [0.29, 0.717) is 24.4 Å². The molecule has 2 amide bonds. The highest BCUT2D eigenvalue weighted by Gasteiger charge is 2.33. The van der Waals surface area contributed by atoms with Gasteiger partial charge in [-0.2, -0.15) is 4.31 Å². The number of halogens is 1. The van der Waals surface area contributed by atoms with Crippen molar-refractivity contribution in [3.8, 4) is 0 Å². The molecule has 2 aromatic rings. The first kappa shape index (κ1) is 24.2. The number of hydrogen-bond acceptors (Lipinski definition) is 4. The van der Waals surface area contributed by atoms with Crippen LogP contribution in [-0.4, -0.2) is 43.7 Å². The molecule has 1 saturated heterocycles. The van der Waals surface area contributed by atoms with E-state index in [-0.39, 0.29) is 24.0 Å². The van der Waals surface area contributed by atoms with Gasteiger partial charge in [-0.15, -0.1) is 0 Å². The smallest absolute Gasteiger partial charge is 0.309 e. The highest BCUT2D eigenvalue weighted by molar-refractivity contribution is 7.89. The van der Waals surface area contributed by atoms with Crippen molar-refractivity contribution >= 4 is 33.4 Å². The van der Waals surface area contributed by atoms with E-state index in [9.17, 15) is 18.0 Å². The van der Waals surface area contributed by atoms with E-state index in [4.69, 9.17) is 11.6 Å². The van der Waals surface area contributed by atoms with Gasteiger partial charge in [0, 0.05) is 30.7 Å². The Balaban J connectivity index is 1.51. The number of nitrogens with one attached hydrogen (secondary N) is 2. The Labute approximate surface area is 194 Å². The Kier molecular flexibility index (Phi) is 8.28. The van der Waals surface area contributed by atoms with E-state index >= 15 is 0 Å². The molecule has 0 aromatic heterocycles. The maximum absolute atomic E-state index is 13.1. The minimum absolute atomic E-state index is 0.202. The summed E-state index contributed by atoms with van der Waals surface area (Å²) in [6.45, 7) is 2.89. The molecule has 0 radical (unpaired) electrons. The van der Waals surface area contributed by atoms with Crippen LogP contribution in [0, 0.1) is 6.92 Å². The first-order valence-electron chi connectivity index (χ1n) is 10.7. The molecule has 1 fully saturated rings. The van der Waals surface area contributed by atoms with Crippen molar-refractivity contribution in [3.63, 3.8) is 0 Å². The van der Waals surface area contributed by atoms with E-state index in [1.807, 2.05) is 31.2 Å². The number of piperidine rings is 1. The predicted molar refractivity (Wildman–Crippen MR) is 124 cm³/mol. The fourth-order valence-electron chi connectivity index (χ4n) is 3.72. The van der Waals surface area contributed by atoms with Crippen LogP contribution in [0.15, 0.2) is 53.4 Å². The molecule has 2 N–H and O–H groups in total. The Hall–Kier alpha value is -2.42. The van der Waals surface area contributed by atoms with Crippen LogP contribution in [0.1, 0.15) is 36.8 Å². The van der Waals surface area contributed by atoms with Crippen molar-refractivity contribution in [3.05, 3.63) is 64.7 Å². The Morgan fingerprint density at radius 3 is 2.34 bits per heavy atom. The van der Waals surface area contributed by atoms with Gasteiger partial charge in [0.05, 0.1) is 4.90 Å². The van der Waals surface area contributed by atoms with Gasteiger partial charge in [0.15, 0.2) is 0 Å². The number of aryl methyl sites for hydroxylation is 1. The van der Waals surface area contributed by atoms with E-state index in [1.165, 1.54) is 16.4 Å². The van der Waals surface area contributed by atoms with Crippen LogP contribution in [0.4, 0.5) is 0 Å². The Morgan fingerprint density at radius 2 is 1.66 bits per heavy atom. The van der Waals surface area contributed by atoms with Crippen molar-refractivity contribution in [1.82, 2.24) is 14.9 Å². The second-order valence-corrected chi connectivity index (χ2v) is 10.3. The van der Waals surface area contributed by atoms with Crippen LogP contribution in [0.2, 0.25) is 5.02 Å². The summed E-state index contributed by atoms with van der Waals surface area (Å²) in [6.07, 6.45) is 2.85. The van der Waals surface area contributed by atoms with Gasteiger partial charge in [-0.25, -0.2) is 8.42 Å². The van der Waals surface area contributed by atoms with E-state index in [2.05, 4.69) is 10.6 Å². The first-order valence-corrected chi connectivity index (χ1v) is 12.5. The highest BCUT2D eigenvalue weighted by Crippen LogP contribution is 2.27. The van der Waals surface area contributed by atoms with Gasteiger partial charge < -0.3 is 10.6 Å². The number of nitrogens with zero attached hydrogens (tertiary/aromatic N) is 1. The molecular formula is C23H28ClN3O4S. The molecule has 7 nitrogen and oxygen atoms in total. The number of hydrogen-bond donors (Lipinski definition) is 2. The van der Waals surface area contributed by atoms with Gasteiger partial charge in [0.25, 0.3) is 0 Å². The first-order chi connectivity index (χ1) is 15.3. The molecule has 0 spiro atoms. The largest absolute Gasteiger partial charge is 0.348 e. The molecule has 3 rings (SSSR count). The molecule has 32 heavy (non-hydrogen) atoms. The quantitative estimate of drug-likeness (QED) is 0.599. The van der Waals surface area contributed by atoms with Crippen molar-refractivity contribution < 1.29 is 18.0 Å². The Morgan fingerprint density at radius 1 is 1.00 bits per heavy atom. The van der Waals surface area contributed by atoms with Crippen LogP contribution in [0.25, 0.3) is 0 Å². The van der Waals surface area contributed by atoms with Crippen LogP contribution < -0.4 is 10.6 Å². The van der Waals surface area contributed by atoms with E-state index in [1.54, 1.807) is 12.1 Å². The van der Waals surface area contributed by atoms with Crippen LogP contribution >= 0.6 is 11.6 Å². The molecule has 2 aromatic carbocycles. The lowest BCUT2D eigenvalue weighted by Crippen LogP contribution is -2.46. The zero-order valence-corrected chi connectivity index (χ0v) is 19.6. The average molecular weight is 478 g/mol. The van der Waals surface area contributed by atoms with Crippen molar-refractivity contribution in [2.24, 2.45) is 0 Å². The third-order valence-electron chi connectivity index (χ3n) is 5.54. The second-order valence-electron chi connectivity index (χ2n) is 7.93. The minimum Gasteiger partial charge on any atom is -0.348 e. The SMILES string of the molecule is Cc1ccc(CNC(=O)C(=O)NCC[C@H]2CCCCN2S(=O)(=O)c2ccc(Cl)cc2)cc1. The molecule has 172 valence electrons.